The van der Waals surface area contributed by atoms with Crippen molar-refractivity contribution in [2.45, 2.75) is 44.9 Å². The average Bonchev–Trinajstić information content (AvgIpc) is 2.65. The van der Waals surface area contributed by atoms with Crippen LogP contribution >= 0.6 is 0 Å². The first-order chi connectivity index (χ1) is 12.1. The Kier molecular flexibility index (Phi) is 7.37. The quantitative estimate of drug-likeness (QED) is 0.688. The van der Waals surface area contributed by atoms with Crippen LogP contribution in [0.3, 0.4) is 0 Å². The van der Waals surface area contributed by atoms with E-state index in [2.05, 4.69) is 16.2 Å². The van der Waals surface area contributed by atoms with E-state index in [9.17, 15) is 9.59 Å². The lowest BCUT2D eigenvalue weighted by Crippen LogP contribution is -2.44. The summed E-state index contributed by atoms with van der Waals surface area (Å²) in [4.78, 5) is 23.8. The zero-order valence-electron chi connectivity index (χ0n) is 14.9. The number of ether oxygens (including phenoxy) is 2. The molecule has 0 unspecified atom stereocenters. The topological polar surface area (TPSA) is 88.7 Å². The van der Waals surface area contributed by atoms with Crippen LogP contribution in [-0.4, -0.2) is 26.2 Å². The molecule has 3 amide bonds. The Balaban J connectivity index is 1.73. The summed E-state index contributed by atoms with van der Waals surface area (Å²) in [5, 5.41) is 2.63. The first-order valence-corrected chi connectivity index (χ1v) is 8.70. The molecule has 0 atom stereocenters. The molecule has 0 radical (unpaired) electrons. The fourth-order valence-electron chi connectivity index (χ4n) is 3.06. The molecule has 7 nitrogen and oxygen atoms in total. The van der Waals surface area contributed by atoms with Gasteiger partial charge in [0.2, 0.25) is 5.91 Å². The number of hydrazine groups is 1. The standard InChI is InChI=1S/C18H27N3O4/c1-24-14-9-10-15(16(12-14)25-2)19-18(23)21-20-17(22)11-8-13-6-4-3-5-7-13/h9-10,12-13H,3-8,11H2,1-2H3,(H,20,22)(H2,19,21,23). The van der Waals surface area contributed by atoms with Gasteiger partial charge in [-0.2, -0.15) is 0 Å². The first kappa shape index (κ1) is 18.9. The third-order valence-corrected chi connectivity index (χ3v) is 4.48. The molecular formula is C18H27N3O4. The number of carbonyl (C=O) groups is 2. The molecule has 0 saturated heterocycles. The molecule has 1 saturated carbocycles. The summed E-state index contributed by atoms with van der Waals surface area (Å²) in [7, 11) is 3.06. The number of urea groups is 1. The van der Waals surface area contributed by atoms with Gasteiger partial charge in [0.15, 0.2) is 0 Å². The van der Waals surface area contributed by atoms with Crippen molar-refractivity contribution in [1.29, 1.82) is 0 Å². The number of methoxy groups -OCH3 is 2. The van der Waals surface area contributed by atoms with Gasteiger partial charge in [-0.3, -0.25) is 10.2 Å². The highest BCUT2D eigenvalue weighted by atomic mass is 16.5. The van der Waals surface area contributed by atoms with E-state index in [4.69, 9.17) is 9.47 Å². The van der Waals surface area contributed by atoms with Gasteiger partial charge in [0.05, 0.1) is 19.9 Å². The SMILES string of the molecule is COc1ccc(NC(=O)NNC(=O)CCC2CCCCC2)c(OC)c1. The minimum atomic E-state index is -0.533. The van der Waals surface area contributed by atoms with Gasteiger partial charge in [0.25, 0.3) is 0 Å². The minimum absolute atomic E-state index is 0.178. The van der Waals surface area contributed by atoms with E-state index in [1.54, 1.807) is 25.3 Å². The molecule has 138 valence electrons. The minimum Gasteiger partial charge on any atom is -0.497 e. The summed E-state index contributed by atoms with van der Waals surface area (Å²) >= 11 is 0. The van der Waals surface area contributed by atoms with E-state index in [-0.39, 0.29) is 5.91 Å². The second-order valence-electron chi connectivity index (χ2n) is 6.24. The Labute approximate surface area is 148 Å². The lowest BCUT2D eigenvalue weighted by molar-refractivity contribution is -0.122. The van der Waals surface area contributed by atoms with Crippen LogP contribution in [0.1, 0.15) is 44.9 Å². The highest BCUT2D eigenvalue weighted by Crippen LogP contribution is 2.29. The summed E-state index contributed by atoms with van der Waals surface area (Å²) < 4.78 is 10.3. The summed E-state index contributed by atoms with van der Waals surface area (Å²) in [6, 6.07) is 4.51. The van der Waals surface area contributed by atoms with Gasteiger partial charge in [-0.15, -0.1) is 0 Å². The molecule has 0 bridgehead atoms. The van der Waals surface area contributed by atoms with Gasteiger partial charge in [0.1, 0.15) is 11.5 Å². The van der Waals surface area contributed by atoms with Crippen LogP contribution in [0.2, 0.25) is 0 Å². The van der Waals surface area contributed by atoms with Gasteiger partial charge in [-0.25, -0.2) is 10.2 Å². The van der Waals surface area contributed by atoms with E-state index < -0.39 is 6.03 Å². The Morgan fingerprint density at radius 3 is 2.52 bits per heavy atom. The first-order valence-electron chi connectivity index (χ1n) is 8.70. The maximum absolute atomic E-state index is 11.9. The molecular weight excluding hydrogens is 322 g/mol. The average molecular weight is 349 g/mol. The summed E-state index contributed by atoms with van der Waals surface area (Å²) in [6.45, 7) is 0. The van der Waals surface area contributed by atoms with Crippen molar-refractivity contribution in [2.75, 3.05) is 19.5 Å². The largest absolute Gasteiger partial charge is 0.497 e. The maximum Gasteiger partial charge on any atom is 0.338 e. The van der Waals surface area contributed by atoms with E-state index in [0.717, 1.165) is 6.42 Å². The van der Waals surface area contributed by atoms with Gasteiger partial charge in [-0.05, 0) is 24.5 Å². The number of hydrogen-bond acceptors (Lipinski definition) is 4. The van der Waals surface area contributed by atoms with E-state index in [1.165, 1.54) is 39.2 Å². The van der Waals surface area contributed by atoms with Crippen molar-refractivity contribution in [2.24, 2.45) is 5.92 Å². The number of anilines is 1. The molecule has 3 N–H and O–H groups in total. The second kappa shape index (κ2) is 9.76. The van der Waals surface area contributed by atoms with Crippen molar-refractivity contribution >= 4 is 17.6 Å². The van der Waals surface area contributed by atoms with Crippen molar-refractivity contribution in [1.82, 2.24) is 10.9 Å². The van der Waals surface area contributed by atoms with Crippen LogP contribution in [0, 0.1) is 5.92 Å². The zero-order valence-corrected chi connectivity index (χ0v) is 14.9. The molecule has 7 heteroatoms. The van der Waals surface area contributed by atoms with Gasteiger partial charge < -0.3 is 14.8 Å². The summed E-state index contributed by atoms with van der Waals surface area (Å²) in [5.74, 6) is 1.55. The van der Waals surface area contributed by atoms with Gasteiger partial charge >= 0.3 is 6.03 Å². The molecule has 0 spiro atoms. The Morgan fingerprint density at radius 1 is 1.08 bits per heavy atom. The van der Waals surface area contributed by atoms with Crippen LogP contribution in [0.5, 0.6) is 11.5 Å². The van der Waals surface area contributed by atoms with E-state index in [1.807, 2.05) is 0 Å². The Hall–Kier alpha value is -2.44. The normalized spacial score (nSPS) is 14.5. The Bertz CT molecular complexity index is 586. The number of hydrogen-bond donors (Lipinski definition) is 3. The molecule has 0 aliphatic heterocycles. The smallest absolute Gasteiger partial charge is 0.338 e. The second-order valence-corrected chi connectivity index (χ2v) is 6.24. The maximum atomic E-state index is 11.9. The molecule has 1 fully saturated rings. The highest BCUT2D eigenvalue weighted by Gasteiger charge is 2.15. The van der Waals surface area contributed by atoms with Crippen LogP contribution < -0.4 is 25.6 Å². The van der Waals surface area contributed by atoms with Crippen LogP contribution in [0.15, 0.2) is 18.2 Å². The molecule has 2 rings (SSSR count). The molecule has 1 aliphatic rings. The summed E-state index contributed by atoms with van der Waals surface area (Å²) in [6.07, 6.45) is 7.54. The predicted octanol–water partition coefficient (Wildman–Crippen LogP) is 3.22. The van der Waals surface area contributed by atoms with Crippen molar-refractivity contribution in [3.05, 3.63) is 18.2 Å². The third-order valence-electron chi connectivity index (χ3n) is 4.48. The molecule has 1 aromatic carbocycles. The molecule has 25 heavy (non-hydrogen) atoms. The van der Waals surface area contributed by atoms with E-state index in [0.29, 0.717) is 29.5 Å². The monoisotopic (exact) mass is 349 g/mol. The lowest BCUT2D eigenvalue weighted by Gasteiger charge is -2.21. The molecule has 0 aromatic heterocycles. The number of benzene rings is 1. The third kappa shape index (κ3) is 6.17. The summed E-state index contributed by atoms with van der Waals surface area (Å²) in [5.41, 5.74) is 5.28. The number of carbonyl (C=O) groups excluding carboxylic acids is 2. The predicted molar refractivity (Wildman–Crippen MR) is 95.7 cm³/mol. The fourth-order valence-corrected chi connectivity index (χ4v) is 3.06. The highest BCUT2D eigenvalue weighted by molar-refractivity contribution is 5.92. The molecule has 1 aliphatic carbocycles. The number of nitrogens with one attached hydrogen (secondary N) is 3. The van der Waals surface area contributed by atoms with Gasteiger partial charge in [-0.1, -0.05) is 32.1 Å². The zero-order chi connectivity index (χ0) is 18.1. The van der Waals surface area contributed by atoms with Crippen LogP contribution in [0.4, 0.5) is 10.5 Å². The van der Waals surface area contributed by atoms with Crippen molar-refractivity contribution in [3.8, 4) is 11.5 Å². The lowest BCUT2D eigenvalue weighted by atomic mass is 9.86. The van der Waals surface area contributed by atoms with Crippen LogP contribution in [-0.2, 0) is 4.79 Å². The van der Waals surface area contributed by atoms with Crippen molar-refractivity contribution < 1.29 is 19.1 Å². The molecule has 1 aromatic rings. The van der Waals surface area contributed by atoms with Gasteiger partial charge in [0, 0.05) is 12.5 Å². The van der Waals surface area contributed by atoms with Crippen molar-refractivity contribution in [3.63, 3.8) is 0 Å². The fraction of sp³-hybridized carbons (Fsp3) is 0.556. The van der Waals surface area contributed by atoms with E-state index >= 15 is 0 Å². The number of amides is 3. The Morgan fingerprint density at radius 2 is 1.84 bits per heavy atom. The van der Waals surface area contributed by atoms with Crippen LogP contribution in [0.25, 0.3) is 0 Å². The molecule has 0 heterocycles. The number of rotatable bonds is 6.